The minimum Gasteiger partial charge on any atom is -0.394 e. The van der Waals surface area contributed by atoms with Crippen LogP contribution < -0.4 is 5.32 Å². The molecule has 1 aliphatic heterocycles. The highest BCUT2D eigenvalue weighted by Crippen LogP contribution is 2.31. The van der Waals surface area contributed by atoms with E-state index in [2.05, 4.69) is 51.8 Å². The zero-order valence-electron chi connectivity index (χ0n) is 14.7. The summed E-state index contributed by atoms with van der Waals surface area (Å²) < 4.78 is 6.17. The normalized spacial score (nSPS) is 29.9. The maximum atomic E-state index is 9.81. The van der Waals surface area contributed by atoms with E-state index in [1.807, 2.05) is 0 Å². The largest absolute Gasteiger partial charge is 0.394 e. The molecule has 2 unspecified atom stereocenters. The van der Waals surface area contributed by atoms with Crippen molar-refractivity contribution in [1.29, 1.82) is 0 Å². The van der Waals surface area contributed by atoms with Gasteiger partial charge in [0.2, 0.25) is 0 Å². The van der Waals surface area contributed by atoms with Crippen molar-refractivity contribution in [3.05, 3.63) is 0 Å². The maximum absolute atomic E-state index is 9.81. The number of hydrogen-bond acceptors (Lipinski definition) is 4. The van der Waals surface area contributed by atoms with Crippen molar-refractivity contribution >= 4 is 0 Å². The molecule has 1 saturated heterocycles. The van der Waals surface area contributed by atoms with Crippen LogP contribution in [0.4, 0.5) is 0 Å². The molecule has 0 amide bonds. The number of ether oxygens (including phenoxy) is 1. The lowest BCUT2D eigenvalue weighted by atomic mass is 9.90. The number of rotatable bonds is 6. The van der Waals surface area contributed by atoms with Crippen molar-refractivity contribution in [2.24, 2.45) is 0 Å². The summed E-state index contributed by atoms with van der Waals surface area (Å²) in [5.74, 6) is 0. The number of aliphatic hydroxyl groups is 1. The Balaban J connectivity index is 1.99. The van der Waals surface area contributed by atoms with Crippen LogP contribution in [-0.2, 0) is 4.74 Å². The van der Waals surface area contributed by atoms with Crippen molar-refractivity contribution in [2.45, 2.75) is 89.6 Å². The standard InChI is InChI=1S/C17H34N2O2/c1-13(9-17(6,12-20)18-14-7-8-14)19-10-15(2,3)21-16(4,5)11-19/h13-14,18,20H,7-12H2,1-6H3. The van der Waals surface area contributed by atoms with Gasteiger partial charge in [-0.3, -0.25) is 4.90 Å². The monoisotopic (exact) mass is 298 g/mol. The van der Waals surface area contributed by atoms with Gasteiger partial charge in [-0.05, 0) is 60.8 Å². The second-order valence-corrected chi connectivity index (χ2v) is 8.72. The zero-order chi connectivity index (χ0) is 15.9. The molecule has 1 heterocycles. The molecule has 21 heavy (non-hydrogen) atoms. The Kier molecular flexibility index (Phi) is 4.75. The molecule has 4 nitrogen and oxygen atoms in total. The highest BCUT2D eigenvalue weighted by Gasteiger charge is 2.41. The Bertz CT molecular complexity index is 350. The fourth-order valence-corrected chi connectivity index (χ4v) is 3.83. The van der Waals surface area contributed by atoms with E-state index in [1.165, 1.54) is 12.8 Å². The predicted octanol–water partition coefficient (Wildman–Crippen LogP) is 2.16. The van der Waals surface area contributed by atoms with Crippen LogP contribution in [0.5, 0.6) is 0 Å². The maximum Gasteiger partial charge on any atom is 0.0760 e. The van der Waals surface area contributed by atoms with Crippen LogP contribution in [0.25, 0.3) is 0 Å². The van der Waals surface area contributed by atoms with Crippen molar-refractivity contribution in [3.8, 4) is 0 Å². The lowest BCUT2D eigenvalue weighted by molar-refractivity contribution is -0.188. The van der Waals surface area contributed by atoms with E-state index in [0.29, 0.717) is 12.1 Å². The molecule has 0 radical (unpaired) electrons. The Morgan fingerprint density at radius 1 is 1.24 bits per heavy atom. The van der Waals surface area contributed by atoms with Crippen molar-refractivity contribution < 1.29 is 9.84 Å². The molecule has 2 fully saturated rings. The van der Waals surface area contributed by atoms with Crippen molar-refractivity contribution in [3.63, 3.8) is 0 Å². The summed E-state index contributed by atoms with van der Waals surface area (Å²) in [5, 5.41) is 13.4. The summed E-state index contributed by atoms with van der Waals surface area (Å²) in [6, 6.07) is 1.04. The van der Waals surface area contributed by atoms with Gasteiger partial charge in [-0.25, -0.2) is 0 Å². The first-order valence-electron chi connectivity index (χ1n) is 8.37. The van der Waals surface area contributed by atoms with Crippen LogP contribution in [0.15, 0.2) is 0 Å². The van der Waals surface area contributed by atoms with Gasteiger partial charge in [0.05, 0.1) is 17.8 Å². The van der Waals surface area contributed by atoms with E-state index in [0.717, 1.165) is 19.5 Å². The molecule has 1 aliphatic carbocycles. The first-order valence-corrected chi connectivity index (χ1v) is 8.37. The average molecular weight is 298 g/mol. The fourth-order valence-electron chi connectivity index (χ4n) is 3.83. The number of aliphatic hydroxyl groups excluding tert-OH is 1. The van der Waals surface area contributed by atoms with E-state index in [1.54, 1.807) is 0 Å². The van der Waals surface area contributed by atoms with Gasteiger partial charge in [0.1, 0.15) is 0 Å². The summed E-state index contributed by atoms with van der Waals surface area (Å²) in [6.45, 7) is 15.2. The van der Waals surface area contributed by atoms with E-state index in [4.69, 9.17) is 4.74 Å². The molecule has 124 valence electrons. The Labute approximate surface area is 130 Å². The molecule has 2 aliphatic rings. The molecule has 0 bridgehead atoms. The minimum absolute atomic E-state index is 0.116. The third kappa shape index (κ3) is 4.92. The summed E-state index contributed by atoms with van der Waals surface area (Å²) >= 11 is 0. The first kappa shape index (κ1) is 17.2. The fraction of sp³-hybridized carbons (Fsp3) is 1.00. The predicted molar refractivity (Wildman–Crippen MR) is 86.5 cm³/mol. The number of morpholine rings is 1. The van der Waals surface area contributed by atoms with Crippen LogP contribution in [0, 0.1) is 0 Å². The summed E-state index contributed by atoms with van der Waals surface area (Å²) in [7, 11) is 0. The molecule has 0 aromatic heterocycles. The first-order chi connectivity index (χ1) is 9.54. The van der Waals surface area contributed by atoms with Crippen LogP contribution in [0.2, 0.25) is 0 Å². The molecule has 0 aromatic carbocycles. The highest BCUT2D eigenvalue weighted by atomic mass is 16.5. The van der Waals surface area contributed by atoms with Gasteiger partial charge in [0.15, 0.2) is 0 Å². The van der Waals surface area contributed by atoms with Crippen molar-refractivity contribution in [1.82, 2.24) is 10.2 Å². The quantitative estimate of drug-likeness (QED) is 0.789. The molecular formula is C17H34N2O2. The summed E-state index contributed by atoms with van der Waals surface area (Å²) in [5.41, 5.74) is -0.404. The van der Waals surface area contributed by atoms with Crippen molar-refractivity contribution in [2.75, 3.05) is 19.7 Å². The Hall–Kier alpha value is -0.160. The van der Waals surface area contributed by atoms with Gasteiger partial charge >= 0.3 is 0 Å². The van der Waals surface area contributed by atoms with Gasteiger partial charge < -0.3 is 15.2 Å². The van der Waals surface area contributed by atoms with Gasteiger partial charge in [0.25, 0.3) is 0 Å². The van der Waals surface area contributed by atoms with Gasteiger partial charge in [-0.2, -0.15) is 0 Å². The Morgan fingerprint density at radius 3 is 2.19 bits per heavy atom. The highest BCUT2D eigenvalue weighted by molar-refractivity contribution is 4.97. The van der Waals surface area contributed by atoms with E-state index in [9.17, 15) is 5.11 Å². The SMILES string of the molecule is CC(CC(C)(CO)NC1CC1)N1CC(C)(C)OC(C)(C)C1. The third-order valence-corrected chi connectivity index (χ3v) is 4.57. The lowest BCUT2D eigenvalue weighted by Gasteiger charge is -2.50. The molecule has 0 spiro atoms. The smallest absolute Gasteiger partial charge is 0.0760 e. The third-order valence-electron chi connectivity index (χ3n) is 4.57. The van der Waals surface area contributed by atoms with Crippen LogP contribution in [0.3, 0.4) is 0 Å². The van der Waals surface area contributed by atoms with Gasteiger partial charge in [-0.15, -0.1) is 0 Å². The molecule has 1 saturated carbocycles. The van der Waals surface area contributed by atoms with E-state index < -0.39 is 0 Å². The number of hydrogen-bond donors (Lipinski definition) is 2. The second kappa shape index (κ2) is 5.80. The molecule has 2 rings (SSSR count). The van der Waals surface area contributed by atoms with Gasteiger partial charge in [-0.1, -0.05) is 0 Å². The number of nitrogens with zero attached hydrogens (tertiary/aromatic N) is 1. The lowest BCUT2D eigenvalue weighted by Crippen LogP contribution is -2.61. The van der Waals surface area contributed by atoms with Crippen LogP contribution >= 0.6 is 0 Å². The van der Waals surface area contributed by atoms with Crippen LogP contribution in [0.1, 0.15) is 60.8 Å². The summed E-state index contributed by atoms with van der Waals surface area (Å²) in [6.07, 6.45) is 3.47. The zero-order valence-corrected chi connectivity index (χ0v) is 14.7. The average Bonchev–Trinajstić information content (AvgIpc) is 3.08. The van der Waals surface area contributed by atoms with Crippen LogP contribution in [-0.4, -0.2) is 58.5 Å². The second-order valence-electron chi connectivity index (χ2n) is 8.72. The topological polar surface area (TPSA) is 44.7 Å². The van der Waals surface area contributed by atoms with Gasteiger partial charge in [0, 0.05) is 30.7 Å². The molecular weight excluding hydrogens is 264 g/mol. The van der Waals surface area contributed by atoms with E-state index >= 15 is 0 Å². The number of nitrogens with one attached hydrogen (secondary N) is 1. The van der Waals surface area contributed by atoms with E-state index in [-0.39, 0.29) is 23.3 Å². The minimum atomic E-state index is -0.173. The molecule has 4 heteroatoms. The molecule has 0 aromatic rings. The Morgan fingerprint density at radius 2 is 1.76 bits per heavy atom. The molecule has 2 atom stereocenters. The summed E-state index contributed by atoms with van der Waals surface area (Å²) in [4.78, 5) is 2.52. The molecule has 2 N–H and O–H groups in total.